The molecule has 3 N–H and O–H groups in total. The molecule has 7 heteroatoms. The second-order valence-electron chi connectivity index (χ2n) is 4.38. The first-order valence-corrected chi connectivity index (χ1v) is 6.37. The number of rotatable bonds is 5. The zero-order valence-electron chi connectivity index (χ0n) is 11.2. The molecule has 20 heavy (non-hydrogen) atoms. The van der Waals surface area contributed by atoms with E-state index in [0.29, 0.717) is 5.02 Å². The second kappa shape index (κ2) is 7.12. The van der Waals surface area contributed by atoms with E-state index in [4.69, 9.17) is 21.8 Å². The van der Waals surface area contributed by atoms with Crippen LogP contribution < -0.4 is 5.32 Å². The Hall–Kier alpha value is -1.79. The molecule has 0 aromatic heterocycles. The van der Waals surface area contributed by atoms with Crippen LogP contribution in [0.1, 0.15) is 18.5 Å². The van der Waals surface area contributed by atoms with Crippen molar-refractivity contribution in [3.63, 3.8) is 0 Å². The average molecular weight is 301 g/mol. The molecule has 2 atom stereocenters. The smallest absolute Gasteiger partial charge is 0.334 e. The number of hydrogen-bond acceptors (Lipinski definition) is 3. The molecule has 0 spiro atoms. The number of carbonyl (C=O) groups is 2. The Labute approximate surface area is 122 Å². The van der Waals surface area contributed by atoms with E-state index < -0.39 is 18.1 Å². The topological polar surface area (TPSA) is 89.9 Å². The van der Waals surface area contributed by atoms with Gasteiger partial charge in [0.2, 0.25) is 0 Å². The Kier molecular flexibility index (Phi) is 5.79. The van der Waals surface area contributed by atoms with Gasteiger partial charge in [0.15, 0.2) is 6.10 Å². The summed E-state index contributed by atoms with van der Waals surface area (Å²) >= 11 is 5.89. The Bertz CT molecular complexity index is 495. The number of hydrogen-bond donors (Lipinski definition) is 3. The van der Waals surface area contributed by atoms with Crippen molar-refractivity contribution in [2.45, 2.75) is 19.1 Å². The maximum Gasteiger partial charge on any atom is 0.334 e. The van der Waals surface area contributed by atoms with Crippen molar-refractivity contribution in [1.29, 1.82) is 0 Å². The highest BCUT2D eigenvalue weighted by Gasteiger charge is 2.20. The molecule has 0 saturated heterocycles. The van der Waals surface area contributed by atoms with Crippen LogP contribution in [0.5, 0.6) is 0 Å². The van der Waals surface area contributed by atoms with E-state index in [1.807, 2.05) is 13.0 Å². The molecule has 0 bridgehead atoms. The summed E-state index contributed by atoms with van der Waals surface area (Å²) in [4.78, 5) is 23.7. The Morgan fingerprint density at radius 2 is 2.10 bits per heavy atom. The van der Waals surface area contributed by atoms with E-state index in [1.54, 1.807) is 25.2 Å². The number of nitrogens with one attached hydrogen (secondary N) is 1. The molecule has 2 unspecified atom stereocenters. The summed E-state index contributed by atoms with van der Waals surface area (Å²) in [6, 6.07) is 6.40. The third kappa shape index (κ3) is 4.40. The SMILES string of the molecule is CC(c1cccc(Cl)c1)N(C)C(=O)NCC(O)C(=O)O. The Morgan fingerprint density at radius 3 is 2.65 bits per heavy atom. The molecule has 1 aromatic carbocycles. The fraction of sp³-hybridized carbons (Fsp3) is 0.385. The summed E-state index contributed by atoms with van der Waals surface area (Å²) in [5.74, 6) is -1.38. The molecule has 110 valence electrons. The number of aliphatic carboxylic acids is 1. The number of carboxylic acid groups (broad SMARTS) is 1. The van der Waals surface area contributed by atoms with E-state index in [9.17, 15) is 9.59 Å². The fourth-order valence-corrected chi connectivity index (χ4v) is 1.76. The van der Waals surface area contributed by atoms with Gasteiger partial charge in [0, 0.05) is 12.1 Å². The van der Waals surface area contributed by atoms with Crippen molar-refractivity contribution in [2.75, 3.05) is 13.6 Å². The molecular weight excluding hydrogens is 284 g/mol. The van der Waals surface area contributed by atoms with Crippen LogP contribution >= 0.6 is 11.6 Å². The van der Waals surface area contributed by atoms with Crippen LogP contribution in [0.4, 0.5) is 4.79 Å². The van der Waals surface area contributed by atoms with Crippen LogP contribution in [0.3, 0.4) is 0 Å². The molecule has 0 aliphatic rings. The van der Waals surface area contributed by atoms with Gasteiger partial charge in [0.25, 0.3) is 0 Å². The normalized spacial score (nSPS) is 13.4. The van der Waals surface area contributed by atoms with E-state index in [0.717, 1.165) is 5.56 Å². The fourth-order valence-electron chi connectivity index (χ4n) is 1.56. The average Bonchev–Trinajstić information content (AvgIpc) is 2.42. The summed E-state index contributed by atoms with van der Waals surface area (Å²) in [6.45, 7) is 1.47. The van der Waals surface area contributed by atoms with Gasteiger partial charge in [-0.3, -0.25) is 0 Å². The number of halogens is 1. The third-order valence-electron chi connectivity index (χ3n) is 2.96. The molecule has 0 heterocycles. The number of aliphatic hydroxyl groups excluding tert-OH is 1. The minimum atomic E-state index is -1.62. The number of carbonyl (C=O) groups excluding carboxylic acids is 1. The largest absolute Gasteiger partial charge is 0.479 e. The van der Waals surface area contributed by atoms with Gasteiger partial charge in [-0.1, -0.05) is 23.7 Å². The van der Waals surface area contributed by atoms with Gasteiger partial charge >= 0.3 is 12.0 Å². The lowest BCUT2D eigenvalue weighted by molar-refractivity contribution is -0.146. The zero-order chi connectivity index (χ0) is 15.3. The second-order valence-corrected chi connectivity index (χ2v) is 4.82. The van der Waals surface area contributed by atoms with Crippen LogP contribution in [-0.2, 0) is 4.79 Å². The van der Waals surface area contributed by atoms with Crippen LogP contribution in [-0.4, -0.2) is 46.8 Å². The van der Waals surface area contributed by atoms with Gasteiger partial charge in [-0.15, -0.1) is 0 Å². The highest BCUT2D eigenvalue weighted by molar-refractivity contribution is 6.30. The number of carboxylic acids is 1. The first kappa shape index (κ1) is 16.3. The first-order chi connectivity index (χ1) is 9.32. The minimum Gasteiger partial charge on any atom is -0.479 e. The van der Waals surface area contributed by atoms with Gasteiger partial charge in [-0.25, -0.2) is 9.59 Å². The van der Waals surface area contributed by atoms with Crippen LogP contribution in [0.15, 0.2) is 24.3 Å². The predicted molar refractivity (Wildman–Crippen MR) is 74.7 cm³/mol. The predicted octanol–water partition coefficient (Wildman–Crippen LogP) is 1.49. The molecule has 0 aliphatic carbocycles. The van der Waals surface area contributed by atoms with Gasteiger partial charge in [-0.05, 0) is 24.6 Å². The number of amides is 2. The van der Waals surface area contributed by atoms with Crippen molar-refractivity contribution in [2.24, 2.45) is 0 Å². The zero-order valence-corrected chi connectivity index (χ0v) is 12.0. The molecule has 0 fully saturated rings. The number of benzene rings is 1. The van der Waals surface area contributed by atoms with Gasteiger partial charge in [-0.2, -0.15) is 0 Å². The van der Waals surface area contributed by atoms with Crippen molar-refractivity contribution < 1.29 is 19.8 Å². The summed E-state index contributed by atoms with van der Waals surface area (Å²) in [7, 11) is 1.58. The lowest BCUT2D eigenvalue weighted by Gasteiger charge is -2.26. The van der Waals surface area contributed by atoms with Crippen molar-refractivity contribution in [3.8, 4) is 0 Å². The Morgan fingerprint density at radius 1 is 1.45 bits per heavy atom. The molecule has 6 nitrogen and oxygen atoms in total. The van der Waals surface area contributed by atoms with E-state index in [2.05, 4.69) is 5.32 Å². The maximum absolute atomic E-state index is 11.8. The molecule has 1 aromatic rings. The Balaban J connectivity index is 2.62. The molecular formula is C13H17ClN2O4. The highest BCUT2D eigenvalue weighted by Crippen LogP contribution is 2.21. The maximum atomic E-state index is 11.8. The molecule has 2 amide bonds. The summed E-state index contributed by atoms with van der Waals surface area (Å²) < 4.78 is 0. The number of nitrogens with zero attached hydrogens (tertiary/aromatic N) is 1. The molecule has 0 saturated carbocycles. The first-order valence-electron chi connectivity index (χ1n) is 6.00. The highest BCUT2D eigenvalue weighted by atomic mass is 35.5. The van der Waals surface area contributed by atoms with Crippen LogP contribution in [0.2, 0.25) is 5.02 Å². The molecule has 0 aliphatic heterocycles. The van der Waals surface area contributed by atoms with Gasteiger partial charge in [0.1, 0.15) is 0 Å². The summed E-state index contributed by atoms with van der Waals surface area (Å²) in [6.07, 6.45) is -1.62. The standard InChI is InChI=1S/C13H17ClN2O4/c1-8(9-4-3-5-10(14)6-9)16(2)13(20)15-7-11(17)12(18)19/h3-6,8,11,17H,7H2,1-2H3,(H,15,20)(H,18,19). The van der Waals surface area contributed by atoms with E-state index in [1.165, 1.54) is 4.90 Å². The van der Waals surface area contributed by atoms with Gasteiger partial charge in [0.05, 0.1) is 12.6 Å². The van der Waals surface area contributed by atoms with E-state index >= 15 is 0 Å². The quantitative estimate of drug-likeness (QED) is 0.768. The van der Waals surface area contributed by atoms with Crippen molar-refractivity contribution >= 4 is 23.6 Å². The summed E-state index contributed by atoms with van der Waals surface area (Å²) in [5, 5.41) is 20.5. The lowest BCUT2D eigenvalue weighted by atomic mass is 10.1. The van der Waals surface area contributed by atoms with Crippen LogP contribution in [0.25, 0.3) is 0 Å². The minimum absolute atomic E-state index is 0.240. The monoisotopic (exact) mass is 300 g/mol. The molecule has 0 radical (unpaired) electrons. The van der Waals surface area contributed by atoms with E-state index in [-0.39, 0.29) is 12.6 Å². The van der Waals surface area contributed by atoms with Crippen molar-refractivity contribution in [3.05, 3.63) is 34.9 Å². The number of aliphatic hydroxyl groups is 1. The van der Waals surface area contributed by atoms with Crippen LogP contribution in [0, 0.1) is 0 Å². The van der Waals surface area contributed by atoms with Gasteiger partial charge < -0.3 is 20.4 Å². The molecule has 1 rings (SSSR count). The third-order valence-corrected chi connectivity index (χ3v) is 3.20. The lowest BCUT2D eigenvalue weighted by Crippen LogP contribution is -2.43. The van der Waals surface area contributed by atoms with Crippen molar-refractivity contribution in [1.82, 2.24) is 10.2 Å². The number of urea groups is 1. The summed E-state index contributed by atoms with van der Waals surface area (Å²) in [5.41, 5.74) is 0.855.